The summed E-state index contributed by atoms with van der Waals surface area (Å²) in [6.07, 6.45) is 0. The maximum atomic E-state index is 12.8. The number of amides is 1. The van der Waals surface area contributed by atoms with Crippen LogP contribution in [0.1, 0.15) is 10.4 Å². The molecule has 4 rings (SSSR count). The molecule has 0 fully saturated rings. The lowest BCUT2D eigenvalue weighted by Crippen LogP contribution is -2.15. The van der Waals surface area contributed by atoms with Crippen LogP contribution in [0.4, 0.5) is 10.8 Å². The number of hydrogen-bond acceptors (Lipinski definition) is 7. The Morgan fingerprint density at radius 2 is 1.74 bits per heavy atom. The lowest BCUT2D eigenvalue weighted by molar-refractivity contribution is 0.102. The number of thiazole rings is 1. The van der Waals surface area contributed by atoms with Crippen LogP contribution in [0, 0.1) is 0 Å². The predicted molar refractivity (Wildman–Crippen MR) is 132 cm³/mol. The first-order chi connectivity index (χ1) is 16.4. The summed E-state index contributed by atoms with van der Waals surface area (Å²) < 4.78 is 38.3. The first kappa shape index (κ1) is 23.3. The van der Waals surface area contributed by atoms with E-state index in [4.69, 9.17) is 9.47 Å². The molecule has 1 aromatic heterocycles. The van der Waals surface area contributed by atoms with Gasteiger partial charge in [-0.1, -0.05) is 24.3 Å². The summed E-state index contributed by atoms with van der Waals surface area (Å²) in [6, 6.07) is 19.7. The van der Waals surface area contributed by atoms with E-state index in [1.807, 2.05) is 11.4 Å². The lowest BCUT2D eigenvalue weighted by Gasteiger charge is -2.09. The van der Waals surface area contributed by atoms with Gasteiger partial charge in [0.25, 0.3) is 15.9 Å². The maximum Gasteiger partial charge on any atom is 0.261 e. The van der Waals surface area contributed by atoms with Gasteiger partial charge in [0.2, 0.25) is 0 Å². The Kier molecular flexibility index (Phi) is 6.80. The Hall–Kier alpha value is -3.89. The summed E-state index contributed by atoms with van der Waals surface area (Å²) in [4.78, 5) is 17.4. The van der Waals surface area contributed by atoms with Crippen molar-refractivity contribution >= 4 is 38.1 Å². The van der Waals surface area contributed by atoms with E-state index in [-0.39, 0.29) is 16.1 Å². The Morgan fingerprint density at radius 3 is 2.47 bits per heavy atom. The Morgan fingerprint density at radius 1 is 0.941 bits per heavy atom. The minimum Gasteiger partial charge on any atom is -0.497 e. The fraction of sp³-hybridized carbons (Fsp3) is 0.0833. The van der Waals surface area contributed by atoms with Crippen molar-refractivity contribution in [3.63, 3.8) is 0 Å². The average Bonchev–Trinajstić information content (AvgIpc) is 3.32. The molecule has 0 spiro atoms. The zero-order chi connectivity index (χ0) is 24.1. The van der Waals surface area contributed by atoms with Crippen LogP contribution in [0.15, 0.2) is 83.1 Å². The van der Waals surface area contributed by atoms with Gasteiger partial charge in [-0.05, 0) is 42.5 Å². The Bertz CT molecular complexity index is 1420. The van der Waals surface area contributed by atoms with Crippen molar-refractivity contribution < 1.29 is 22.7 Å². The van der Waals surface area contributed by atoms with Gasteiger partial charge in [0, 0.05) is 28.3 Å². The third-order valence-electron chi connectivity index (χ3n) is 4.84. The summed E-state index contributed by atoms with van der Waals surface area (Å²) in [6.45, 7) is 0. The highest BCUT2D eigenvalue weighted by molar-refractivity contribution is 7.92. The van der Waals surface area contributed by atoms with Gasteiger partial charge in [-0.15, -0.1) is 11.3 Å². The number of nitrogens with one attached hydrogen (secondary N) is 2. The summed E-state index contributed by atoms with van der Waals surface area (Å²) >= 11 is 1.27. The molecule has 10 heteroatoms. The zero-order valence-corrected chi connectivity index (χ0v) is 19.9. The molecule has 3 aromatic carbocycles. The van der Waals surface area contributed by atoms with Crippen LogP contribution < -0.4 is 19.5 Å². The third kappa shape index (κ3) is 5.19. The maximum absolute atomic E-state index is 12.8. The summed E-state index contributed by atoms with van der Waals surface area (Å²) in [5, 5.41) is 4.96. The van der Waals surface area contributed by atoms with Gasteiger partial charge in [-0.3, -0.25) is 14.8 Å². The number of carbonyl (C=O) groups excluding carboxylic acids is 1. The van der Waals surface area contributed by atoms with Gasteiger partial charge in [0.1, 0.15) is 11.5 Å². The van der Waals surface area contributed by atoms with Crippen molar-refractivity contribution in [2.75, 3.05) is 24.3 Å². The fourth-order valence-electron chi connectivity index (χ4n) is 3.17. The van der Waals surface area contributed by atoms with Crippen LogP contribution in [0.5, 0.6) is 11.5 Å². The minimum atomic E-state index is -3.77. The van der Waals surface area contributed by atoms with Gasteiger partial charge in [0.15, 0.2) is 5.13 Å². The largest absolute Gasteiger partial charge is 0.497 e. The number of carbonyl (C=O) groups is 1. The monoisotopic (exact) mass is 495 g/mol. The molecule has 0 aliphatic heterocycles. The van der Waals surface area contributed by atoms with Crippen molar-refractivity contribution in [1.29, 1.82) is 0 Å². The fourth-order valence-corrected chi connectivity index (χ4v) is 4.95. The molecule has 0 unspecified atom stereocenters. The van der Waals surface area contributed by atoms with E-state index in [9.17, 15) is 13.2 Å². The molecular weight excluding hydrogens is 474 g/mol. The highest BCUT2D eigenvalue weighted by Crippen LogP contribution is 2.35. The smallest absolute Gasteiger partial charge is 0.261 e. The molecular formula is C24H21N3O5S2. The van der Waals surface area contributed by atoms with E-state index in [2.05, 4.69) is 15.0 Å². The van der Waals surface area contributed by atoms with Gasteiger partial charge >= 0.3 is 0 Å². The molecule has 0 saturated heterocycles. The lowest BCUT2D eigenvalue weighted by atomic mass is 10.1. The van der Waals surface area contributed by atoms with Gasteiger partial charge in [-0.2, -0.15) is 0 Å². The predicted octanol–water partition coefficient (Wildman–Crippen LogP) is 4.88. The summed E-state index contributed by atoms with van der Waals surface area (Å²) in [5.41, 5.74) is 1.97. The molecule has 1 amide bonds. The van der Waals surface area contributed by atoms with E-state index in [1.165, 1.54) is 29.5 Å². The molecule has 0 aliphatic rings. The normalized spacial score (nSPS) is 11.0. The molecule has 34 heavy (non-hydrogen) atoms. The molecule has 174 valence electrons. The molecule has 1 heterocycles. The van der Waals surface area contributed by atoms with Crippen molar-refractivity contribution in [2.45, 2.75) is 4.90 Å². The van der Waals surface area contributed by atoms with Crippen LogP contribution in [-0.4, -0.2) is 33.5 Å². The number of methoxy groups -OCH3 is 2. The van der Waals surface area contributed by atoms with Crippen molar-refractivity contribution in [2.24, 2.45) is 0 Å². The molecule has 0 aliphatic carbocycles. The van der Waals surface area contributed by atoms with Gasteiger partial charge in [0.05, 0.1) is 24.8 Å². The molecule has 0 radical (unpaired) electrons. The number of hydrogen-bond donors (Lipinski definition) is 2. The second-order valence-electron chi connectivity index (χ2n) is 7.06. The van der Waals surface area contributed by atoms with Crippen molar-refractivity contribution in [3.8, 4) is 22.8 Å². The number of rotatable bonds is 8. The second-order valence-corrected chi connectivity index (χ2v) is 9.60. The van der Waals surface area contributed by atoms with E-state index < -0.39 is 15.9 Å². The number of benzene rings is 3. The molecule has 4 aromatic rings. The first-order valence-corrected chi connectivity index (χ1v) is 12.4. The number of ether oxygens (including phenoxy) is 2. The van der Waals surface area contributed by atoms with Crippen LogP contribution in [-0.2, 0) is 10.0 Å². The van der Waals surface area contributed by atoms with Crippen molar-refractivity contribution in [1.82, 2.24) is 4.98 Å². The van der Waals surface area contributed by atoms with Gasteiger partial charge < -0.3 is 9.47 Å². The first-order valence-electron chi connectivity index (χ1n) is 10.1. The zero-order valence-electron chi connectivity index (χ0n) is 18.3. The second kappa shape index (κ2) is 9.94. The molecule has 0 atom stereocenters. The number of nitrogens with zero attached hydrogens (tertiary/aromatic N) is 1. The molecule has 2 N–H and O–H groups in total. The van der Waals surface area contributed by atoms with Gasteiger partial charge in [-0.25, -0.2) is 13.4 Å². The minimum absolute atomic E-state index is 0.133. The number of aromatic nitrogens is 1. The SMILES string of the molecule is COc1ccc(-c2csc(NC(=O)c3cccc(NS(=O)(=O)c4ccccc4)c3)n2)c(OC)c1. The van der Waals surface area contributed by atoms with Crippen LogP contribution >= 0.6 is 11.3 Å². The quantitative estimate of drug-likeness (QED) is 0.361. The highest BCUT2D eigenvalue weighted by Gasteiger charge is 2.16. The van der Waals surface area contributed by atoms with E-state index in [1.54, 1.807) is 62.8 Å². The summed E-state index contributed by atoms with van der Waals surface area (Å²) in [7, 11) is -0.629. The Balaban J connectivity index is 1.50. The standard InChI is InChI=1S/C24H21N3O5S2/c1-31-18-11-12-20(22(14-18)32-2)21-15-33-24(25-21)26-23(28)16-7-6-8-17(13-16)27-34(29,30)19-9-4-3-5-10-19/h3-15,27H,1-2H3,(H,25,26,28). The molecule has 8 nitrogen and oxygen atoms in total. The Labute approximate surface area is 201 Å². The topological polar surface area (TPSA) is 107 Å². The molecule has 0 saturated carbocycles. The van der Waals surface area contributed by atoms with E-state index in [0.29, 0.717) is 22.3 Å². The van der Waals surface area contributed by atoms with Crippen LogP contribution in [0.3, 0.4) is 0 Å². The summed E-state index contributed by atoms with van der Waals surface area (Å²) in [5.74, 6) is 0.844. The number of sulfonamides is 1. The number of anilines is 2. The van der Waals surface area contributed by atoms with E-state index in [0.717, 1.165) is 5.56 Å². The van der Waals surface area contributed by atoms with Crippen LogP contribution in [0.25, 0.3) is 11.3 Å². The molecule has 0 bridgehead atoms. The average molecular weight is 496 g/mol. The van der Waals surface area contributed by atoms with E-state index >= 15 is 0 Å². The third-order valence-corrected chi connectivity index (χ3v) is 6.99. The highest BCUT2D eigenvalue weighted by atomic mass is 32.2. The van der Waals surface area contributed by atoms with Crippen molar-refractivity contribution in [3.05, 3.63) is 83.7 Å². The van der Waals surface area contributed by atoms with Crippen LogP contribution in [0.2, 0.25) is 0 Å².